The van der Waals surface area contributed by atoms with Crippen molar-refractivity contribution in [2.75, 3.05) is 14.1 Å². The monoisotopic (exact) mass is 464 g/mol. The van der Waals surface area contributed by atoms with Crippen molar-refractivity contribution in [3.8, 4) is 5.75 Å². The van der Waals surface area contributed by atoms with Crippen molar-refractivity contribution in [2.24, 2.45) is 5.92 Å². The molecule has 0 amide bonds. The fraction of sp³-hybridized carbons (Fsp3) is 0.524. The van der Waals surface area contributed by atoms with Crippen LogP contribution >= 0.6 is 24.8 Å². The maximum absolute atomic E-state index is 6.81. The molecular formula is C21H36Cl2NOSiTi. The van der Waals surface area contributed by atoms with Crippen LogP contribution in [0.1, 0.15) is 40.2 Å². The maximum atomic E-state index is 6.81. The predicted molar refractivity (Wildman–Crippen MR) is 123 cm³/mol. The van der Waals surface area contributed by atoms with E-state index in [2.05, 4.69) is 97.0 Å². The second kappa shape index (κ2) is 10.5. The molecule has 6 heteroatoms. The van der Waals surface area contributed by atoms with Crippen molar-refractivity contribution in [1.82, 2.24) is 4.90 Å². The summed E-state index contributed by atoms with van der Waals surface area (Å²) in [5, 5.41) is 0. The first-order valence-electron chi connectivity index (χ1n) is 9.27. The second-order valence-electron chi connectivity index (χ2n) is 8.70. The molecule has 0 aliphatic heterocycles. The molecule has 1 unspecified atom stereocenters. The third-order valence-electron chi connectivity index (χ3n) is 4.96. The van der Waals surface area contributed by atoms with Gasteiger partial charge in [0, 0.05) is 0 Å². The van der Waals surface area contributed by atoms with Crippen molar-refractivity contribution in [3.05, 3.63) is 51.1 Å². The van der Waals surface area contributed by atoms with Gasteiger partial charge in [0.15, 0.2) is 0 Å². The number of hydrogen-bond donors (Lipinski definition) is 0. The number of halogens is 2. The van der Waals surface area contributed by atoms with Gasteiger partial charge in [-0.05, 0) is 0 Å². The van der Waals surface area contributed by atoms with Crippen LogP contribution < -0.4 is 3.32 Å². The van der Waals surface area contributed by atoms with Gasteiger partial charge in [-0.2, -0.15) is 0 Å². The van der Waals surface area contributed by atoms with Crippen LogP contribution in [0.4, 0.5) is 0 Å². The topological polar surface area (TPSA) is 12.5 Å². The molecule has 2 rings (SSSR count). The van der Waals surface area contributed by atoms with Gasteiger partial charge >= 0.3 is 162 Å². The second-order valence-corrected chi connectivity index (χ2v) is 20.9. The molecule has 1 aliphatic rings. The molecule has 0 spiro atoms. The van der Waals surface area contributed by atoms with Crippen molar-refractivity contribution < 1.29 is 20.8 Å². The summed E-state index contributed by atoms with van der Waals surface area (Å²) in [7, 11) is 4.32. The Bertz CT molecular complexity index is 696. The van der Waals surface area contributed by atoms with Crippen LogP contribution in [0.25, 0.3) is 0 Å². The maximum Gasteiger partial charge on any atom is -0.147 e. The van der Waals surface area contributed by atoms with Crippen LogP contribution in [0.3, 0.4) is 0 Å². The van der Waals surface area contributed by atoms with Gasteiger partial charge in [-0.15, -0.1) is 24.8 Å². The smallest absolute Gasteiger partial charge is 0.147 e. The SMILES string of the molecule is CC1=CC(N(C)C)=[C]([Ti]([O]c2cccc(C(C)(C)C)c2)[SiH](C)C)C1C.Cl.Cl. The Morgan fingerprint density at radius 1 is 1.11 bits per heavy atom. The summed E-state index contributed by atoms with van der Waals surface area (Å²) in [6.45, 7) is 15.4. The number of nitrogens with zero attached hydrogens (tertiary/aromatic N) is 1. The molecular weight excluding hydrogens is 429 g/mol. The van der Waals surface area contributed by atoms with E-state index in [0.29, 0.717) is 5.92 Å². The zero-order chi connectivity index (χ0) is 18.9. The van der Waals surface area contributed by atoms with Gasteiger partial charge in [0.2, 0.25) is 0 Å². The predicted octanol–water partition coefficient (Wildman–Crippen LogP) is 6.09. The standard InChI is InChI=1S/C10H14O.C9H14N.C2H7Si.2ClH.Ti/c1-10(2,3)8-5-4-6-9(11)7-8;1-7-5-9(10(3)4)6-8(7)2;1-3-2;;;/h4-7,11H,1-3H3;5,8H,1-4H3;3H,1-2H3;2*1H;/q;;;;;+1/p-1. The van der Waals surface area contributed by atoms with E-state index >= 15 is 0 Å². The molecule has 0 radical (unpaired) electrons. The first kappa shape index (κ1) is 26.8. The summed E-state index contributed by atoms with van der Waals surface area (Å²) in [4.78, 5) is 2.28. The molecule has 0 N–H and O–H groups in total. The number of allylic oxidation sites excluding steroid dienone is 3. The van der Waals surface area contributed by atoms with Crippen LogP contribution in [0.5, 0.6) is 5.75 Å². The molecule has 153 valence electrons. The molecule has 1 aromatic rings. The normalized spacial score (nSPS) is 16.5. The van der Waals surface area contributed by atoms with Crippen LogP contribution in [-0.4, -0.2) is 25.7 Å². The number of hydrogen-bond acceptors (Lipinski definition) is 2. The van der Waals surface area contributed by atoms with Gasteiger partial charge in [-0.3, -0.25) is 0 Å². The van der Waals surface area contributed by atoms with Gasteiger partial charge in [-0.25, -0.2) is 0 Å². The van der Waals surface area contributed by atoms with Gasteiger partial charge in [0.05, 0.1) is 0 Å². The summed E-state index contributed by atoms with van der Waals surface area (Å²) in [5.41, 5.74) is 4.39. The summed E-state index contributed by atoms with van der Waals surface area (Å²) in [6.07, 6.45) is 2.37. The summed E-state index contributed by atoms with van der Waals surface area (Å²) in [6, 6.07) is 8.78. The van der Waals surface area contributed by atoms with Gasteiger partial charge < -0.3 is 0 Å². The minimum absolute atomic E-state index is 0. The largest absolute Gasteiger partial charge is 0.147 e. The molecule has 0 saturated heterocycles. The Kier molecular flexibility index (Phi) is 10.5. The van der Waals surface area contributed by atoms with Crippen LogP contribution in [0.15, 0.2) is 45.5 Å². The van der Waals surface area contributed by atoms with Crippen LogP contribution in [-0.2, 0) is 22.9 Å². The molecule has 0 fully saturated rings. The zero-order valence-electron chi connectivity index (χ0n) is 18.2. The van der Waals surface area contributed by atoms with Crippen molar-refractivity contribution in [1.29, 1.82) is 0 Å². The minimum Gasteiger partial charge on any atom is -0.147 e. The van der Waals surface area contributed by atoms with E-state index in [1.54, 1.807) is 3.88 Å². The minimum atomic E-state index is -1.78. The summed E-state index contributed by atoms with van der Waals surface area (Å²) < 4.78 is 8.44. The number of rotatable bonds is 5. The number of likely N-dealkylation sites (N-methyl/N-ethyl adjacent to an activating group) is 1. The van der Waals surface area contributed by atoms with E-state index < -0.39 is 24.2 Å². The Labute approximate surface area is 186 Å². The number of benzene rings is 1. The van der Waals surface area contributed by atoms with Crippen molar-refractivity contribution in [2.45, 2.75) is 53.1 Å². The molecule has 2 nitrogen and oxygen atoms in total. The Morgan fingerprint density at radius 2 is 1.70 bits per heavy atom. The van der Waals surface area contributed by atoms with Crippen molar-refractivity contribution in [3.63, 3.8) is 0 Å². The van der Waals surface area contributed by atoms with E-state index in [0.717, 1.165) is 5.75 Å². The molecule has 0 bridgehead atoms. The fourth-order valence-corrected chi connectivity index (χ4v) is 12.9. The third-order valence-corrected chi connectivity index (χ3v) is 15.3. The van der Waals surface area contributed by atoms with Crippen molar-refractivity contribution >= 4 is 31.5 Å². The zero-order valence-corrected chi connectivity index (χ0v) is 22.6. The Hall–Kier alpha value is -0.189. The fourth-order valence-electron chi connectivity index (χ4n) is 3.21. The third kappa shape index (κ3) is 6.40. The molecule has 0 saturated carbocycles. The van der Waals surface area contributed by atoms with E-state index in [-0.39, 0.29) is 30.2 Å². The average molecular weight is 465 g/mol. The van der Waals surface area contributed by atoms with Crippen LogP contribution in [0.2, 0.25) is 13.1 Å². The molecule has 1 aromatic carbocycles. The molecule has 1 atom stereocenters. The van der Waals surface area contributed by atoms with E-state index in [1.165, 1.54) is 16.8 Å². The molecule has 1 aliphatic carbocycles. The Morgan fingerprint density at radius 3 is 2.19 bits per heavy atom. The first-order chi connectivity index (χ1) is 11.5. The van der Waals surface area contributed by atoms with E-state index in [4.69, 9.17) is 3.32 Å². The summed E-state index contributed by atoms with van der Waals surface area (Å²) >= 11 is -1.78. The van der Waals surface area contributed by atoms with E-state index in [1.807, 2.05) is 0 Å². The molecule has 0 aromatic heterocycles. The van der Waals surface area contributed by atoms with E-state index in [9.17, 15) is 0 Å². The summed E-state index contributed by atoms with van der Waals surface area (Å²) in [5.74, 6) is 1.61. The van der Waals surface area contributed by atoms with Crippen LogP contribution in [0, 0.1) is 5.92 Å². The molecule has 27 heavy (non-hydrogen) atoms. The van der Waals surface area contributed by atoms with Gasteiger partial charge in [0.25, 0.3) is 0 Å². The quantitative estimate of drug-likeness (QED) is 0.488. The molecule has 0 heterocycles. The Balaban J connectivity index is 0.00000338. The van der Waals surface area contributed by atoms with Gasteiger partial charge in [0.1, 0.15) is 0 Å². The average Bonchev–Trinajstić information content (AvgIpc) is 2.80. The van der Waals surface area contributed by atoms with Gasteiger partial charge in [-0.1, -0.05) is 0 Å². The first-order valence-corrected chi connectivity index (χ1v) is 16.3.